The van der Waals surface area contributed by atoms with Gasteiger partial charge in [-0.1, -0.05) is 65.8 Å². The molecule has 0 amide bonds. The molecule has 5 aromatic rings. The predicted molar refractivity (Wildman–Crippen MR) is 133 cm³/mol. The second-order valence-electron chi connectivity index (χ2n) is 7.61. The highest BCUT2D eigenvalue weighted by atomic mass is 35.5. The number of hydrogen-bond acceptors (Lipinski definition) is 5. The van der Waals surface area contributed by atoms with Crippen LogP contribution in [0.4, 0.5) is 0 Å². The van der Waals surface area contributed by atoms with Crippen LogP contribution in [0.5, 0.6) is 0 Å². The molecule has 0 bridgehead atoms. The maximum absolute atomic E-state index is 13.3. The first kappa shape index (κ1) is 21.5. The third kappa shape index (κ3) is 4.58. The molecule has 0 fully saturated rings. The van der Waals surface area contributed by atoms with E-state index in [1.807, 2.05) is 85.8 Å². The molecular weight excluding hydrogens is 454 g/mol. The molecule has 5 nitrogen and oxygen atoms in total. The molecule has 0 unspecified atom stereocenters. The molecule has 0 saturated carbocycles. The zero-order chi connectivity index (χ0) is 22.8. The molecule has 0 spiro atoms. The van der Waals surface area contributed by atoms with Gasteiger partial charge in [-0.15, -0.1) is 0 Å². The summed E-state index contributed by atoms with van der Waals surface area (Å²) in [7, 11) is 0. The number of para-hydroxylation sites is 1. The standard InChI is InChI=1S/C26H20ClN3O2S/c1-17-23(28-24(32-17)19-11-13-20(27)14-12-19)16-33-26-29-22-10-6-5-9-21(22)25(31)30(26)15-18-7-3-2-4-8-18/h2-14H,15-16H2,1H3. The number of aryl methyl sites for hydroxylation is 1. The maximum Gasteiger partial charge on any atom is 0.262 e. The Kier molecular flexibility index (Phi) is 6.03. The van der Waals surface area contributed by atoms with E-state index in [1.165, 1.54) is 11.8 Å². The molecule has 0 saturated heterocycles. The fourth-order valence-corrected chi connectivity index (χ4v) is 4.70. The lowest BCUT2D eigenvalue weighted by Crippen LogP contribution is -2.24. The summed E-state index contributed by atoms with van der Waals surface area (Å²) in [6, 6.07) is 24.8. The lowest BCUT2D eigenvalue weighted by atomic mass is 10.2. The van der Waals surface area contributed by atoms with E-state index in [2.05, 4.69) is 4.98 Å². The van der Waals surface area contributed by atoms with Crippen molar-refractivity contribution in [3.63, 3.8) is 0 Å². The Balaban J connectivity index is 1.48. The number of hydrogen-bond donors (Lipinski definition) is 0. The average Bonchev–Trinajstić information content (AvgIpc) is 3.21. The number of aromatic nitrogens is 3. The summed E-state index contributed by atoms with van der Waals surface area (Å²) in [6.07, 6.45) is 0. The Hall–Kier alpha value is -3.35. The monoisotopic (exact) mass is 473 g/mol. The summed E-state index contributed by atoms with van der Waals surface area (Å²) < 4.78 is 7.63. The fourth-order valence-electron chi connectivity index (χ4n) is 3.57. The minimum absolute atomic E-state index is 0.0503. The summed E-state index contributed by atoms with van der Waals surface area (Å²) in [5.74, 6) is 1.82. The van der Waals surface area contributed by atoms with Crippen molar-refractivity contribution in [2.24, 2.45) is 0 Å². The van der Waals surface area contributed by atoms with Crippen LogP contribution in [0.3, 0.4) is 0 Å². The van der Waals surface area contributed by atoms with Gasteiger partial charge in [0.1, 0.15) is 5.76 Å². The number of fused-ring (bicyclic) bond motifs is 1. The first-order chi connectivity index (χ1) is 16.1. The van der Waals surface area contributed by atoms with Crippen molar-refractivity contribution in [1.82, 2.24) is 14.5 Å². The summed E-state index contributed by atoms with van der Waals surface area (Å²) in [5, 5.41) is 1.93. The SMILES string of the molecule is Cc1oc(-c2ccc(Cl)cc2)nc1CSc1nc2ccccc2c(=O)n1Cc1ccccc1. The normalized spacial score (nSPS) is 11.2. The Morgan fingerprint density at radius 2 is 1.67 bits per heavy atom. The molecule has 7 heteroatoms. The largest absolute Gasteiger partial charge is 0.441 e. The van der Waals surface area contributed by atoms with Crippen LogP contribution in [0.1, 0.15) is 17.0 Å². The molecule has 0 aliphatic rings. The quantitative estimate of drug-likeness (QED) is 0.212. The first-order valence-electron chi connectivity index (χ1n) is 10.5. The zero-order valence-corrected chi connectivity index (χ0v) is 19.4. The fraction of sp³-hybridized carbons (Fsp3) is 0.115. The van der Waals surface area contributed by atoms with Crippen LogP contribution in [-0.2, 0) is 12.3 Å². The maximum atomic E-state index is 13.3. The van der Waals surface area contributed by atoms with Gasteiger partial charge in [-0.05, 0) is 48.9 Å². The van der Waals surface area contributed by atoms with Crippen molar-refractivity contribution in [2.45, 2.75) is 24.4 Å². The van der Waals surface area contributed by atoms with Gasteiger partial charge < -0.3 is 4.42 Å². The Morgan fingerprint density at radius 1 is 0.939 bits per heavy atom. The number of rotatable bonds is 6. The number of benzene rings is 3. The highest BCUT2D eigenvalue weighted by Gasteiger charge is 2.16. The van der Waals surface area contributed by atoms with Crippen LogP contribution in [0.2, 0.25) is 5.02 Å². The average molecular weight is 474 g/mol. The molecule has 3 aromatic carbocycles. The molecule has 0 atom stereocenters. The third-order valence-corrected chi connectivity index (χ3v) is 6.57. The van der Waals surface area contributed by atoms with Gasteiger partial charge in [0, 0.05) is 16.3 Å². The van der Waals surface area contributed by atoms with E-state index in [0.29, 0.717) is 39.3 Å². The summed E-state index contributed by atoms with van der Waals surface area (Å²) in [5.41, 5.74) is 3.36. The molecule has 5 rings (SSSR count). The van der Waals surface area contributed by atoms with E-state index in [-0.39, 0.29) is 5.56 Å². The Morgan fingerprint density at radius 3 is 2.45 bits per heavy atom. The Labute approximate surface area is 200 Å². The van der Waals surface area contributed by atoms with Crippen LogP contribution < -0.4 is 5.56 Å². The molecule has 164 valence electrons. The summed E-state index contributed by atoms with van der Waals surface area (Å²) in [6.45, 7) is 2.35. The van der Waals surface area contributed by atoms with Gasteiger partial charge in [-0.25, -0.2) is 9.97 Å². The molecule has 0 radical (unpaired) electrons. The van der Waals surface area contributed by atoms with Crippen molar-refractivity contribution >= 4 is 34.3 Å². The second kappa shape index (κ2) is 9.25. The molecule has 0 aliphatic carbocycles. The molecule has 33 heavy (non-hydrogen) atoms. The van der Waals surface area contributed by atoms with E-state index < -0.39 is 0 Å². The van der Waals surface area contributed by atoms with Crippen LogP contribution in [-0.4, -0.2) is 14.5 Å². The van der Waals surface area contributed by atoms with E-state index in [1.54, 1.807) is 4.57 Å². The molecule has 2 aromatic heterocycles. The third-order valence-electron chi connectivity index (χ3n) is 5.33. The highest BCUT2D eigenvalue weighted by Crippen LogP contribution is 2.28. The molecule has 0 aliphatic heterocycles. The van der Waals surface area contributed by atoms with E-state index in [4.69, 9.17) is 21.0 Å². The van der Waals surface area contributed by atoms with Crippen LogP contribution in [0, 0.1) is 6.92 Å². The number of nitrogens with zero attached hydrogens (tertiary/aromatic N) is 3. The van der Waals surface area contributed by atoms with Crippen molar-refractivity contribution in [3.05, 3.63) is 111 Å². The lowest BCUT2D eigenvalue weighted by molar-refractivity contribution is 0.540. The minimum Gasteiger partial charge on any atom is -0.441 e. The number of halogens is 1. The van der Waals surface area contributed by atoms with Gasteiger partial charge in [0.05, 0.1) is 23.1 Å². The van der Waals surface area contributed by atoms with Crippen molar-refractivity contribution < 1.29 is 4.42 Å². The summed E-state index contributed by atoms with van der Waals surface area (Å²) in [4.78, 5) is 22.8. The van der Waals surface area contributed by atoms with E-state index >= 15 is 0 Å². The first-order valence-corrected chi connectivity index (χ1v) is 11.8. The van der Waals surface area contributed by atoms with Gasteiger partial charge >= 0.3 is 0 Å². The van der Waals surface area contributed by atoms with E-state index in [9.17, 15) is 4.79 Å². The van der Waals surface area contributed by atoms with Crippen LogP contribution in [0.25, 0.3) is 22.4 Å². The van der Waals surface area contributed by atoms with Gasteiger partial charge in [0.25, 0.3) is 5.56 Å². The Bertz CT molecular complexity index is 1480. The smallest absolute Gasteiger partial charge is 0.262 e. The predicted octanol–water partition coefficient (Wildman–Crippen LogP) is 6.35. The molecule has 2 heterocycles. The van der Waals surface area contributed by atoms with Crippen molar-refractivity contribution in [1.29, 1.82) is 0 Å². The summed E-state index contributed by atoms with van der Waals surface area (Å²) >= 11 is 7.47. The van der Waals surface area contributed by atoms with Crippen LogP contribution >= 0.6 is 23.4 Å². The minimum atomic E-state index is -0.0503. The van der Waals surface area contributed by atoms with Gasteiger partial charge in [-0.3, -0.25) is 9.36 Å². The van der Waals surface area contributed by atoms with Crippen molar-refractivity contribution in [3.8, 4) is 11.5 Å². The van der Waals surface area contributed by atoms with E-state index in [0.717, 1.165) is 22.6 Å². The number of oxazole rings is 1. The van der Waals surface area contributed by atoms with Crippen molar-refractivity contribution in [2.75, 3.05) is 0 Å². The molecular formula is C26H20ClN3O2S. The highest BCUT2D eigenvalue weighted by molar-refractivity contribution is 7.98. The van der Waals surface area contributed by atoms with Crippen LogP contribution in [0.15, 0.2) is 93.2 Å². The van der Waals surface area contributed by atoms with Gasteiger partial charge in [0.15, 0.2) is 5.16 Å². The van der Waals surface area contributed by atoms with Gasteiger partial charge in [0.2, 0.25) is 5.89 Å². The van der Waals surface area contributed by atoms with Gasteiger partial charge in [-0.2, -0.15) is 0 Å². The zero-order valence-electron chi connectivity index (χ0n) is 17.9. The lowest BCUT2D eigenvalue weighted by Gasteiger charge is -2.13. The topological polar surface area (TPSA) is 60.9 Å². The second-order valence-corrected chi connectivity index (χ2v) is 8.98. The molecule has 0 N–H and O–H groups in total. The number of thioether (sulfide) groups is 1.